The third kappa shape index (κ3) is 2.07. The number of aldehydes is 1. The maximum absolute atomic E-state index is 11.2. The zero-order chi connectivity index (χ0) is 10.6. The lowest BCUT2D eigenvalue weighted by Gasteiger charge is -2.03. The SMILES string of the molecule is CNC(=O)c1cc(OC)cc(C=O)n1. The predicted molar refractivity (Wildman–Crippen MR) is 49.6 cm³/mol. The summed E-state index contributed by atoms with van der Waals surface area (Å²) in [6.07, 6.45) is 0.564. The molecule has 0 aliphatic heterocycles. The molecule has 0 spiro atoms. The van der Waals surface area contributed by atoms with Crippen LogP contribution < -0.4 is 10.1 Å². The van der Waals surface area contributed by atoms with Gasteiger partial charge in [0.1, 0.15) is 17.1 Å². The van der Waals surface area contributed by atoms with Crippen LogP contribution >= 0.6 is 0 Å². The zero-order valence-electron chi connectivity index (χ0n) is 7.90. The number of ether oxygens (including phenoxy) is 1. The van der Waals surface area contributed by atoms with Crippen LogP contribution in [0.1, 0.15) is 21.0 Å². The van der Waals surface area contributed by atoms with Crippen LogP contribution in [-0.4, -0.2) is 31.3 Å². The third-order valence-corrected chi connectivity index (χ3v) is 1.63. The predicted octanol–water partition coefficient (Wildman–Crippen LogP) is 0.262. The Balaban J connectivity index is 3.16. The van der Waals surface area contributed by atoms with Crippen molar-refractivity contribution in [3.05, 3.63) is 23.5 Å². The van der Waals surface area contributed by atoms with Crippen molar-refractivity contribution >= 4 is 12.2 Å². The highest BCUT2D eigenvalue weighted by Crippen LogP contribution is 2.12. The summed E-state index contributed by atoms with van der Waals surface area (Å²) in [6.45, 7) is 0. The van der Waals surface area contributed by atoms with Crippen molar-refractivity contribution in [2.45, 2.75) is 0 Å². The minimum Gasteiger partial charge on any atom is -0.497 e. The summed E-state index contributed by atoms with van der Waals surface area (Å²) in [5, 5.41) is 2.41. The number of hydrogen-bond acceptors (Lipinski definition) is 4. The van der Waals surface area contributed by atoms with Crippen LogP contribution in [0.2, 0.25) is 0 Å². The van der Waals surface area contributed by atoms with E-state index >= 15 is 0 Å². The summed E-state index contributed by atoms with van der Waals surface area (Å²) in [5.41, 5.74) is 0.330. The fourth-order valence-corrected chi connectivity index (χ4v) is 0.948. The van der Waals surface area contributed by atoms with Gasteiger partial charge in [-0.3, -0.25) is 9.59 Å². The monoisotopic (exact) mass is 194 g/mol. The maximum atomic E-state index is 11.2. The molecule has 0 aliphatic rings. The molecule has 5 nitrogen and oxygen atoms in total. The number of pyridine rings is 1. The van der Waals surface area contributed by atoms with Crippen LogP contribution in [-0.2, 0) is 0 Å². The summed E-state index contributed by atoms with van der Waals surface area (Å²) in [4.78, 5) is 25.5. The standard InChI is InChI=1S/C9H10N2O3/c1-10-9(13)8-4-7(14-2)3-6(5-12)11-8/h3-5H,1-2H3,(H,10,13). The van der Waals surface area contributed by atoms with Gasteiger partial charge in [-0.1, -0.05) is 0 Å². The Hall–Kier alpha value is -1.91. The molecular weight excluding hydrogens is 184 g/mol. The average molecular weight is 194 g/mol. The van der Waals surface area contributed by atoms with E-state index in [0.29, 0.717) is 12.0 Å². The Kier molecular flexibility index (Phi) is 3.17. The highest BCUT2D eigenvalue weighted by atomic mass is 16.5. The van der Waals surface area contributed by atoms with E-state index in [1.807, 2.05) is 0 Å². The van der Waals surface area contributed by atoms with Crippen molar-refractivity contribution in [1.29, 1.82) is 0 Å². The number of methoxy groups -OCH3 is 1. The minimum absolute atomic E-state index is 0.161. The molecule has 0 atom stereocenters. The number of amides is 1. The van der Waals surface area contributed by atoms with Gasteiger partial charge >= 0.3 is 0 Å². The Bertz CT molecular complexity index is 363. The van der Waals surface area contributed by atoms with Gasteiger partial charge in [-0.05, 0) is 0 Å². The molecule has 0 unspecified atom stereocenters. The smallest absolute Gasteiger partial charge is 0.269 e. The number of aromatic nitrogens is 1. The molecule has 0 bridgehead atoms. The molecule has 0 aliphatic carbocycles. The fraction of sp³-hybridized carbons (Fsp3) is 0.222. The van der Waals surface area contributed by atoms with E-state index in [4.69, 9.17) is 4.74 Å². The van der Waals surface area contributed by atoms with Gasteiger partial charge in [-0.2, -0.15) is 0 Å². The first-order valence-corrected chi connectivity index (χ1v) is 3.94. The van der Waals surface area contributed by atoms with Gasteiger partial charge in [-0.25, -0.2) is 4.98 Å². The van der Waals surface area contributed by atoms with Crippen molar-refractivity contribution in [3.8, 4) is 5.75 Å². The van der Waals surface area contributed by atoms with Gasteiger partial charge in [0.25, 0.3) is 5.91 Å². The molecular formula is C9H10N2O3. The lowest BCUT2D eigenvalue weighted by molar-refractivity contribution is 0.0957. The Morgan fingerprint density at radius 2 is 2.29 bits per heavy atom. The first kappa shape index (κ1) is 10.2. The summed E-state index contributed by atoms with van der Waals surface area (Å²) < 4.78 is 4.91. The summed E-state index contributed by atoms with van der Waals surface area (Å²) >= 11 is 0. The largest absolute Gasteiger partial charge is 0.497 e. The summed E-state index contributed by atoms with van der Waals surface area (Å²) in [7, 11) is 2.95. The molecule has 0 aromatic carbocycles. The molecule has 1 amide bonds. The van der Waals surface area contributed by atoms with Crippen molar-refractivity contribution in [1.82, 2.24) is 10.3 Å². The maximum Gasteiger partial charge on any atom is 0.269 e. The minimum atomic E-state index is -0.355. The van der Waals surface area contributed by atoms with Gasteiger partial charge in [0.15, 0.2) is 6.29 Å². The van der Waals surface area contributed by atoms with E-state index in [2.05, 4.69) is 10.3 Å². The van der Waals surface area contributed by atoms with E-state index in [-0.39, 0.29) is 17.3 Å². The molecule has 0 radical (unpaired) electrons. The van der Waals surface area contributed by atoms with Gasteiger partial charge in [0.05, 0.1) is 7.11 Å². The van der Waals surface area contributed by atoms with Gasteiger partial charge in [-0.15, -0.1) is 0 Å². The molecule has 0 saturated carbocycles. The topological polar surface area (TPSA) is 68.3 Å². The Morgan fingerprint density at radius 3 is 2.79 bits per heavy atom. The second-order valence-corrected chi connectivity index (χ2v) is 2.51. The van der Waals surface area contributed by atoms with E-state index in [9.17, 15) is 9.59 Å². The van der Waals surface area contributed by atoms with Crippen LogP contribution in [0.4, 0.5) is 0 Å². The first-order valence-electron chi connectivity index (χ1n) is 3.94. The summed E-state index contributed by atoms with van der Waals surface area (Å²) in [6, 6.07) is 2.92. The van der Waals surface area contributed by atoms with Gasteiger partial charge in [0, 0.05) is 19.2 Å². The number of hydrogen-bond donors (Lipinski definition) is 1. The molecule has 74 valence electrons. The van der Waals surface area contributed by atoms with Crippen LogP contribution in [0.25, 0.3) is 0 Å². The average Bonchev–Trinajstić information content (AvgIpc) is 2.27. The van der Waals surface area contributed by atoms with Crippen molar-refractivity contribution in [3.63, 3.8) is 0 Å². The molecule has 0 saturated heterocycles. The van der Waals surface area contributed by atoms with Crippen LogP contribution in [0.3, 0.4) is 0 Å². The molecule has 1 heterocycles. The molecule has 1 aromatic heterocycles. The highest BCUT2D eigenvalue weighted by molar-refractivity contribution is 5.93. The number of rotatable bonds is 3. The second kappa shape index (κ2) is 4.36. The van der Waals surface area contributed by atoms with Crippen LogP contribution in [0.5, 0.6) is 5.75 Å². The lowest BCUT2D eigenvalue weighted by atomic mass is 10.3. The molecule has 1 N–H and O–H groups in total. The summed E-state index contributed by atoms with van der Waals surface area (Å²) in [5.74, 6) is 0.0766. The van der Waals surface area contributed by atoms with E-state index in [1.165, 1.54) is 26.3 Å². The lowest BCUT2D eigenvalue weighted by Crippen LogP contribution is -2.19. The number of nitrogens with zero attached hydrogens (tertiary/aromatic N) is 1. The molecule has 1 rings (SSSR count). The normalized spacial score (nSPS) is 9.29. The van der Waals surface area contributed by atoms with Crippen LogP contribution in [0.15, 0.2) is 12.1 Å². The van der Waals surface area contributed by atoms with E-state index in [1.54, 1.807) is 0 Å². The number of carbonyl (C=O) groups is 2. The Labute approximate surface area is 81.1 Å². The second-order valence-electron chi connectivity index (χ2n) is 2.51. The molecule has 1 aromatic rings. The quantitative estimate of drug-likeness (QED) is 0.701. The van der Waals surface area contributed by atoms with Gasteiger partial charge in [0.2, 0.25) is 0 Å². The van der Waals surface area contributed by atoms with E-state index < -0.39 is 0 Å². The molecule has 0 fully saturated rings. The zero-order valence-corrected chi connectivity index (χ0v) is 7.90. The van der Waals surface area contributed by atoms with Crippen molar-refractivity contribution in [2.24, 2.45) is 0 Å². The fourth-order valence-electron chi connectivity index (χ4n) is 0.948. The van der Waals surface area contributed by atoms with Crippen LogP contribution in [0, 0.1) is 0 Å². The molecule has 5 heteroatoms. The van der Waals surface area contributed by atoms with E-state index in [0.717, 1.165) is 0 Å². The first-order chi connectivity index (χ1) is 6.71. The number of carbonyl (C=O) groups excluding carboxylic acids is 2. The van der Waals surface area contributed by atoms with Crippen molar-refractivity contribution in [2.75, 3.05) is 14.2 Å². The third-order valence-electron chi connectivity index (χ3n) is 1.63. The molecule has 14 heavy (non-hydrogen) atoms. The highest BCUT2D eigenvalue weighted by Gasteiger charge is 2.08. The Morgan fingerprint density at radius 1 is 1.57 bits per heavy atom. The number of nitrogens with one attached hydrogen (secondary N) is 1. The van der Waals surface area contributed by atoms with Crippen molar-refractivity contribution < 1.29 is 14.3 Å². The van der Waals surface area contributed by atoms with Gasteiger partial charge < -0.3 is 10.1 Å².